The molecular weight excluding hydrogens is 855 g/mol. The van der Waals surface area contributed by atoms with E-state index in [4.69, 9.17) is 9.97 Å². The van der Waals surface area contributed by atoms with Crippen molar-refractivity contribution in [1.82, 2.24) is 25.9 Å². The fourth-order valence-electron chi connectivity index (χ4n) is 11.0. The molecule has 1 spiro atoms. The molecule has 3 fully saturated rings. The minimum absolute atomic E-state index is 0.191. The maximum Gasteiger partial charge on any atom is 0.0733 e. The third-order valence-electron chi connectivity index (χ3n) is 15.3. The number of nitrogens with one attached hydrogen (secondary N) is 3. The molecule has 0 bridgehead atoms. The lowest BCUT2D eigenvalue weighted by molar-refractivity contribution is 0.239. The van der Waals surface area contributed by atoms with Crippen molar-refractivity contribution in [2.45, 2.75) is 111 Å². The zero-order valence-corrected chi connectivity index (χ0v) is 43.9. The van der Waals surface area contributed by atoms with E-state index in [0.29, 0.717) is 5.41 Å². The van der Waals surface area contributed by atoms with Gasteiger partial charge in [-0.3, -0.25) is 0 Å². The number of benzene rings is 4. The number of allylic oxidation sites excluding steroid dienone is 1. The first-order valence-corrected chi connectivity index (χ1v) is 27.0. The van der Waals surface area contributed by atoms with Gasteiger partial charge in [0.05, 0.1) is 22.4 Å². The molecule has 3 aliphatic rings. The SMILES string of the molecule is C=CC1(CCCNC)CCN(c2cc(-c3ccc(CCCCC)cc3)nc3cc(CC)ccc23)C1.C=CCCc1ccc(-c2cc(N3CCC4(CCCNC4)C3)c3ccc(CC)cc3n2)cc1.CNC. The second kappa shape index (κ2) is 25.7. The van der Waals surface area contributed by atoms with Crippen LogP contribution in [0.4, 0.5) is 11.4 Å². The number of nitrogens with zero attached hydrogens (tertiary/aromatic N) is 4. The van der Waals surface area contributed by atoms with Crippen LogP contribution in [0.2, 0.25) is 0 Å². The molecule has 0 saturated carbocycles. The molecule has 2 aromatic heterocycles. The quantitative estimate of drug-likeness (QED) is 0.0586. The van der Waals surface area contributed by atoms with Gasteiger partial charge in [-0.1, -0.05) is 119 Å². The van der Waals surface area contributed by atoms with Crippen molar-refractivity contribution in [1.29, 1.82) is 0 Å². The predicted octanol–water partition coefficient (Wildman–Crippen LogP) is 13.6. The Morgan fingerprint density at radius 3 is 1.71 bits per heavy atom. The van der Waals surface area contributed by atoms with Crippen LogP contribution in [0.3, 0.4) is 0 Å². The van der Waals surface area contributed by atoms with Gasteiger partial charge in [-0.25, -0.2) is 9.97 Å². The standard InChI is InChI=1S/C32H43N3.C29H35N3.C2H7N/c1-5-8-9-11-26-12-15-27(16-13-26)29-23-31(28-17-14-25(6-2)22-30(28)34-29)35-21-19-32(7-3,24-35)18-10-20-33-4;1-3-5-7-23-8-11-24(12-9-23)26-19-28(25-13-10-22(4-2)18-27(25)31-26)32-17-15-29(21-32)14-6-16-30-20-29;1-3-2/h7,12-17,22-23,33H,3,5-6,8-11,18-21,24H2,1-2,4H3;3,8-13,18-19,30H,1,4-7,14-17,20-21H2,2H3;3H,1-2H3. The van der Waals surface area contributed by atoms with Crippen LogP contribution in [-0.2, 0) is 25.7 Å². The van der Waals surface area contributed by atoms with E-state index in [2.05, 4.69) is 163 Å². The molecule has 9 rings (SSSR count). The highest BCUT2D eigenvalue weighted by molar-refractivity contribution is 5.96. The number of pyridine rings is 2. The average Bonchev–Trinajstić information content (AvgIpc) is 4.02. The van der Waals surface area contributed by atoms with Crippen molar-refractivity contribution in [2.24, 2.45) is 10.8 Å². The third kappa shape index (κ3) is 13.1. The molecule has 2 atom stereocenters. The van der Waals surface area contributed by atoms with Gasteiger partial charge in [-0.15, -0.1) is 13.2 Å². The predicted molar refractivity (Wildman–Crippen MR) is 304 cm³/mol. The van der Waals surface area contributed by atoms with Gasteiger partial charge in [0.15, 0.2) is 0 Å². The molecule has 0 amide bonds. The second-order valence-electron chi connectivity index (χ2n) is 20.5. The summed E-state index contributed by atoms with van der Waals surface area (Å²) in [5.41, 5.74) is 15.6. The number of aromatic nitrogens is 2. The summed E-state index contributed by atoms with van der Waals surface area (Å²) in [5, 5.41) is 12.2. The van der Waals surface area contributed by atoms with Crippen LogP contribution in [-0.4, -0.2) is 76.9 Å². The number of unbranched alkanes of at least 4 members (excludes halogenated alkanes) is 2. The molecule has 2 unspecified atom stereocenters. The van der Waals surface area contributed by atoms with Crippen LogP contribution in [0.1, 0.15) is 107 Å². The first-order chi connectivity index (χ1) is 34.2. The van der Waals surface area contributed by atoms with Gasteiger partial charge in [-0.2, -0.15) is 0 Å². The summed E-state index contributed by atoms with van der Waals surface area (Å²) in [7, 11) is 5.79. The average molecular weight is 940 g/mol. The Balaban J connectivity index is 0.000000196. The lowest BCUT2D eigenvalue weighted by Crippen LogP contribution is -2.41. The molecule has 372 valence electrons. The Bertz CT molecular complexity index is 2590. The van der Waals surface area contributed by atoms with Gasteiger partial charge in [0.1, 0.15) is 0 Å². The van der Waals surface area contributed by atoms with Crippen LogP contribution in [0, 0.1) is 10.8 Å². The fraction of sp³-hybridized carbons (Fsp3) is 0.460. The Hall–Kier alpha value is -5.34. The molecule has 5 heterocycles. The van der Waals surface area contributed by atoms with Crippen molar-refractivity contribution in [3.8, 4) is 22.5 Å². The first-order valence-electron chi connectivity index (χ1n) is 27.0. The Kier molecular flexibility index (Phi) is 19.3. The van der Waals surface area contributed by atoms with Crippen molar-refractivity contribution >= 4 is 33.2 Å². The minimum atomic E-state index is 0.191. The molecule has 3 N–H and O–H groups in total. The van der Waals surface area contributed by atoms with E-state index < -0.39 is 0 Å². The number of aryl methyl sites for hydroxylation is 4. The molecular formula is C63H85N7. The van der Waals surface area contributed by atoms with E-state index >= 15 is 0 Å². The van der Waals surface area contributed by atoms with Crippen molar-refractivity contribution in [3.63, 3.8) is 0 Å². The summed E-state index contributed by atoms with van der Waals surface area (Å²) in [6.07, 6.45) is 20.8. The van der Waals surface area contributed by atoms with Crippen LogP contribution >= 0.6 is 0 Å². The summed E-state index contributed by atoms with van der Waals surface area (Å²) < 4.78 is 0. The summed E-state index contributed by atoms with van der Waals surface area (Å²) in [6, 6.07) is 36.4. The van der Waals surface area contributed by atoms with Gasteiger partial charge in [0, 0.05) is 76.8 Å². The summed E-state index contributed by atoms with van der Waals surface area (Å²) in [4.78, 5) is 15.5. The van der Waals surface area contributed by atoms with Gasteiger partial charge < -0.3 is 25.8 Å². The lowest BCUT2D eigenvalue weighted by Gasteiger charge is -2.34. The zero-order valence-electron chi connectivity index (χ0n) is 43.9. The Morgan fingerprint density at radius 1 is 0.643 bits per heavy atom. The highest BCUT2D eigenvalue weighted by Crippen LogP contribution is 2.43. The Morgan fingerprint density at radius 2 is 1.20 bits per heavy atom. The normalized spacial score (nSPS) is 18.7. The maximum absolute atomic E-state index is 5.15. The van der Waals surface area contributed by atoms with E-state index in [1.54, 1.807) is 0 Å². The second-order valence-corrected chi connectivity index (χ2v) is 20.5. The number of anilines is 2. The van der Waals surface area contributed by atoms with Crippen LogP contribution in [0.5, 0.6) is 0 Å². The molecule has 6 aromatic rings. The molecule has 4 aromatic carbocycles. The maximum atomic E-state index is 5.15. The number of piperidine rings is 1. The zero-order chi connectivity index (χ0) is 49.4. The topological polar surface area (TPSA) is 68.3 Å². The van der Waals surface area contributed by atoms with Crippen LogP contribution in [0.15, 0.2) is 122 Å². The van der Waals surface area contributed by atoms with E-state index in [0.717, 1.165) is 93.8 Å². The molecule has 70 heavy (non-hydrogen) atoms. The highest BCUT2D eigenvalue weighted by atomic mass is 15.2. The first kappa shape index (κ1) is 52.5. The molecule has 0 aliphatic carbocycles. The molecule has 7 heteroatoms. The van der Waals surface area contributed by atoms with Gasteiger partial charge >= 0.3 is 0 Å². The van der Waals surface area contributed by atoms with E-state index in [9.17, 15) is 0 Å². The van der Waals surface area contributed by atoms with Crippen molar-refractivity contribution < 1.29 is 0 Å². The molecule has 3 aliphatic heterocycles. The van der Waals surface area contributed by atoms with Gasteiger partial charge in [0.25, 0.3) is 0 Å². The minimum Gasteiger partial charge on any atom is -0.370 e. The Labute approximate surface area is 422 Å². The van der Waals surface area contributed by atoms with E-state index in [1.165, 1.54) is 120 Å². The monoisotopic (exact) mass is 940 g/mol. The van der Waals surface area contributed by atoms with E-state index in [-0.39, 0.29) is 5.41 Å². The summed E-state index contributed by atoms with van der Waals surface area (Å²) in [6.45, 7) is 22.6. The molecule has 7 nitrogen and oxygen atoms in total. The van der Waals surface area contributed by atoms with Crippen LogP contribution in [0.25, 0.3) is 44.3 Å². The number of hydrogen-bond donors (Lipinski definition) is 3. The molecule has 3 saturated heterocycles. The van der Waals surface area contributed by atoms with Crippen molar-refractivity contribution in [2.75, 3.05) is 76.8 Å². The van der Waals surface area contributed by atoms with E-state index in [1.807, 2.05) is 27.2 Å². The van der Waals surface area contributed by atoms with Crippen molar-refractivity contribution in [3.05, 3.63) is 145 Å². The largest absolute Gasteiger partial charge is 0.370 e. The smallest absolute Gasteiger partial charge is 0.0733 e. The summed E-state index contributed by atoms with van der Waals surface area (Å²) in [5.74, 6) is 0. The number of fused-ring (bicyclic) bond motifs is 2. The highest BCUT2D eigenvalue weighted by Gasteiger charge is 2.40. The number of rotatable bonds is 18. The van der Waals surface area contributed by atoms with Crippen LogP contribution < -0.4 is 25.8 Å². The van der Waals surface area contributed by atoms with Gasteiger partial charge in [0.2, 0.25) is 0 Å². The van der Waals surface area contributed by atoms with Gasteiger partial charge in [-0.05, 0) is 158 Å². The fourth-order valence-corrected chi connectivity index (χ4v) is 11.0. The molecule has 0 radical (unpaired) electrons. The lowest BCUT2D eigenvalue weighted by atomic mass is 9.80. The summed E-state index contributed by atoms with van der Waals surface area (Å²) >= 11 is 0. The number of hydrogen-bond acceptors (Lipinski definition) is 7. The third-order valence-corrected chi connectivity index (χ3v) is 15.3.